The number of carboxylic acid groups (broad SMARTS) is 1. The van der Waals surface area contributed by atoms with Crippen LogP contribution in [0.3, 0.4) is 0 Å². The second kappa shape index (κ2) is 8.53. The van der Waals surface area contributed by atoms with E-state index in [0.29, 0.717) is 6.42 Å². The number of likely N-dealkylation sites (tertiary alicyclic amines) is 1. The van der Waals surface area contributed by atoms with Gasteiger partial charge < -0.3 is 15.7 Å². The molecule has 1 fully saturated rings. The largest absolute Gasteiger partial charge is 0.480 e. The highest BCUT2D eigenvalue weighted by Crippen LogP contribution is 2.13. The van der Waals surface area contributed by atoms with Gasteiger partial charge in [0.2, 0.25) is 0 Å². The van der Waals surface area contributed by atoms with Crippen molar-refractivity contribution in [3.05, 3.63) is 35.9 Å². The minimum absolute atomic E-state index is 0.105. The Bertz CT molecular complexity index is 513. The summed E-state index contributed by atoms with van der Waals surface area (Å²) in [4.78, 5) is 25.2. The maximum Gasteiger partial charge on any atom is 0.326 e. The van der Waals surface area contributed by atoms with Crippen molar-refractivity contribution >= 4 is 12.0 Å². The molecule has 1 aliphatic heterocycles. The van der Waals surface area contributed by atoms with E-state index < -0.39 is 12.0 Å². The number of piperidine rings is 1. The zero-order valence-electron chi connectivity index (χ0n) is 13.5. The van der Waals surface area contributed by atoms with Gasteiger partial charge in [-0.15, -0.1) is 0 Å². The molecule has 6 nitrogen and oxygen atoms in total. The Balaban J connectivity index is 1.72. The highest BCUT2D eigenvalue weighted by Gasteiger charge is 2.23. The minimum atomic E-state index is -1.000. The van der Waals surface area contributed by atoms with Crippen LogP contribution in [0.4, 0.5) is 4.79 Å². The lowest BCUT2D eigenvalue weighted by Gasteiger charge is -2.32. The predicted octanol–water partition coefficient (Wildman–Crippen LogP) is 1.81. The molecule has 1 aliphatic rings. The van der Waals surface area contributed by atoms with Gasteiger partial charge in [-0.3, -0.25) is 4.90 Å². The first kappa shape index (κ1) is 17.3. The third-order valence-corrected chi connectivity index (χ3v) is 4.18. The van der Waals surface area contributed by atoms with Gasteiger partial charge in [-0.25, -0.2) is 9.59 Å². The average molecular weight is 319 g/mol. The number of amides is 2. The monoisotopic (exact) mass is 319 g/mol. The van der Waals surface area contributed by atoms with Crippen molar-refractivity contribution in [2.45, 2.75) is 44.8 Å². The summed E-state index contributed by atoms with van der Waals surface area (Å²) < 4.78 is 0. The van der Waals surface area contributed by atoms with E-state index in [1.165, 1.54) is 5.56 Å². The SMILES string of the molecule is CCC(NC(=O)NC1CCN(Cc2ccccc2)CC1)C(=O)O. The first-order chi connectivity index (χ1) is 11.1. The van der Waals surface area contributed by atoms with Crippen molar-refractivity contribution in [3.63, 3.8) is 0 Å². The first-order valence-electron chi connectivity index (χ1n) is 8.14. The molecule has 0 aliphatic carbocycles. The number of carbonyl (C=O) groups is 2. The van der Waals surface area contributed by atoms with Crippen LogP contribution in [0.15, 0.2) is 30.3 Å². The molecule has 0 radical (unpaired) electrons. The molecule has 6 heteroatoms. The van der Waals surface area contributed by atoms with Crippen molar-refractivity contribution in [2.75, 3.05) is 13.1 Å². The molecule has 1 atom stereocenters. The van der Waals surface area contributed by atoms with Crippen LogP contribution in [-0.4, -0.2) is 47.2 Å². The molecule has 1 aromatic rings. The average Bonchev–Trinajstić information content (AvgIpc) is 2.55. The molecule has 3 N–H and O–H groups in total. The molecule has 0 spiro atoms. The van der Waals surface area contributed by atoms with Crippen molar-refractivity contribution < 1.29 is 14.7 Å². The number of aliphatic carboxylic acids is 1. The van der Waals surface area contributed by atoms with Crippen LogP contribution >= 0.6 is 0 Å². The van der Waals surface area contributed by atoms with E-state index in [1.54, 1.807) is 6.92 Å². The Morgan fingerprint density at radius 3 is 2.48 bits per heavy atom. The number of carboxylic acids is 1. The standard InChI is InChI=1S/C17H25N3O3/c1-2-15(16(21)22)19-17(23)18-14-8-10-20(11-9-14)12-13-6-4-3-5-7-13/h3-7,14-15H,2,8-12H2,1H3,(H,21,22)(H2,18,19,23). The van der Waals surface area contributed by atoms with Crippen LogP contribution in [0.25, 0.3) is 0 Å². The maximum atomic E-state index is 11.9. The summed E-state index contributed by atoms with van der Waals surface area (Å²) in [7, 11) is 0. The van der Waals surface area contributed by atoms with Crippen LogP contribution < -0.4 is 10.6 Å². The quantitative estimate of drug-likeness (QED) is 0.747. The molecular formula is C17H25N3O3. The van der Waals surface area contributed by atoms with Gasteiger partial charge in [0.25, 0.3) is 0 Å². The topological polar surface area (TPSA) is 81.7 Å². The van der Waals surface area contributed by atoms with Gasteiger partial charge in [0.1, 0.15) is 6.04 Å². The van der Waals surface area contributed by atoms with Crippen LogP contribution in [0, 0.1) is 0 Å². The summed E-state index contributed by atoms with van der Waals surface area (Å²) in [6.07, 6.45) is 2.13. The Hall–Kier alpha value is -2.08. The van der Waals surface area contributed by atoms with Crippen LogP contribution in [-0.2, 0) is 11.3 Å². The van der Waals surface area contributed by atoms with E-state index in [1.807, 2.05) is 18.2 Å². The van der Waals surface area contributed by atoms with E-state index in [-0.39, 0.29) is 12.1 Å². The molecule has 0 bridgehead atoms. The van der Waals surface area contributed by atoms with Crippen LogP contribution in [0.2, 0.25) is 0 Å². The second-order valence-electron chi connectivity index (χ2n) is 5.95. The molecule has 2 amide bonds. The van der Waals surface area contributed by atoms with Crippen LogP contribution in [0.5, 0.6) is 0 Å². The Morgan fingerprint density at radius 1 is 1.26 bits per heavy atom. The first-order valence-corrected chi connectivity index (χ1v) is 8.14. The van der Waals surface area contributed by atoms with E-state index in [0.717, 1.165) is 32.5 Å². The van der Waals surface area contributed by atoms with Crippen molar-refractivity contribution in [3.8, 4) is 0 Å². The Morgan fingerprint density at radius 2 is 1.91 bits per heavy atom. The summed E-state index contributed by atoms with van der Waals surface area (Å²) >= 11 is 0. The molecule has 1 unspecified atom stereocenters. The Kier molecular flexibility index (Phi) is 6.40. The number of urea groups is 1. The van der Waals surface area contributed by atoms with E-state index in [2.05, 4.69) is 27.7 Å². The van der Waals surface area contributed by atoms with Crippen molar-refractivity contribution in [1.29, 1.82) is 0 Å². The van der Waals surface area contributed by atoms with Crippen molar-refractivity contribution in [1.82, 2.24) is 15.5 Å². The number of benzene rings is 1. The minimum Gasteiger partial charge on any atom is -0.480 e. The zero-order valence-corrected chi connectivity index (χ0v) is 13.5. The van der Waals surface area contributed by atoms with Gasteiger partial charge in [0.05, 0.1) is 0 Å². The molecule has 1 aromatic carbocycles. The maximum absolute atomic E-state index is 11.9. The smallest absolute Gasteiger partial charge is 0.326 e. The van der Waals surface area contributed by atoms with Gasteiger partial charge in [0, 0.05) is 25.7 Å². The van der Waals surface area contributed by atoms with Gasteiger partial charge >= 0.3 is 12.0 Å². The number of rotatable bonds is 6. The fourth-order valence-electron chi connectivity index (χ4n) is 2.80. The molecule has 23 heavy (non-hydrogen) atoms. The molecular weight excluding hydrogens is 294 g/mol. The fraction of sp³-hybridized carbons (Fsp3) is 0.529. The van der Waals surface area contributed by atoms with Gasteiger partial charge in [-0.1, -0.05) is 37.3 Å². The number of hydrogen-bond acceptors (Lipinski definition) is 3. The second-order valence-corrected chi connectivity index (χ2v) is 5.95. The van der Waals surface area contributed by atoms with E-state index >= 15 is 0 Å². The third kappa shape index (κ3) is 5.56. The number of nitrogens with zero attached hydrogens (tertiary/aromatic N) is 1. The predicted molar refractivity (Wildman–Crippen MR) is 88.1 cm³/mol. The summed E-state index contributed by atoms with van der Waals surface area (Å²) in [6.45, 7) is 4.52. The normalized spacial score (nSPS) is 17.4. The lowest BCUT2D eigenvalue weighted by atomic mass is 10.0. The van der Waals surface area contributed by atoms with Crippen LogP contribution in [0.1, 0.15) is 31.7 Å². The van der Waals surface area contributed by atoms with E-state index in [9.17, 15) is 9.59 Å². The molecule has 1 saturated heterocycles. The lowest BCUT2D eigenvalue weighted by molar-refractivity contribution is -0.139. The summed E-state index contributed by atoms with van der Waals surface area (Å²) in [5.74, 6) is -1.000. The summed E-state index contributed by atoms with van der Waals surface area (Å²) in [5, 5.41) is 14.3. The van der Waals surface area contributed by atoms with Gasteiger partial charge in [0.15, 0.2) is 0 Å². The van der Waals surface area contributed by atoms with E-state index in [4.69, 9.17) is 5.11 Å². The molecule has 2 rings (SSSR count). The molecule has 1 heterocycles. The zero-order chi connectivity index (χ0) is 16.7. The van der Waals surface area contributed by atoms with Gasteiger partial charge in [-0.2, -0.15) is 0 Å². The number of nitrogens with one attached hydrogen (secondary N) is 2. The number of carbonyl (C=O) groups excluding carboxylic acids is 1. The summed E-state index contributed by atoms with van der Waals surface area (Å²) in [6, 6.07) is 9.23. The molecule has 126 valence electrons. The highest BCUT2D eigenvalue weighted by atomic mass is 16.4. The number of hydrogen-bond donors (Lipinski definition) is 3. The van der Waals surface area contributed by atoms with Gasteiger partial charge in [-0.05, 0) is 24.8 Å². The lowest BCUT2D eigenvalue weighted by Crippen LogP contribution is -2.51. The summed E-state index contributed by atoms with van der Waals surface area (Å²) in [5.41, 5.74) is 1.30. The van der Waals surface area contributed by atoms with Crippen molar-refractivity contribution in [2.24, 2.45) is 0 Å². The highest BCUT2D eigenvalue weighted by molar-refractivity contribution is 5.82. The molecule has 0 aromatic heterocycles. The molecule has 0 saturated carbocycles. The fourth-order valence-corrected chi connectivity index (χ4v) is 2.80. The third-order valence-electron chi connectivity index (χ3n) is 4.18. The Labute approximate surface area is 136 Å².